The summed E-state index contributed by atoms with van der Waals surface area (Å²) in [5.41, 5.74) is 0.0227. The van der Waals surface area contributed by atoms with E-state index in [0.29, 0.717) is 11.8 Å². The third-order valence-electron chi connectivity index (χ3n) is 3.96. The van der Waals surface area contributed by atoms with Gasteiger partial charge < -0.3 is 10.6 Å². The summed E-state index contributed by atoms with van der Waals surface area (Å²) in [6.07, 6.45) is 4.75. The molecule has 0 heterocycles. The van der Waals surface area contributed by atoms with Crippen molar-refractivity contribution in [2.45, 2.75) is 31.7 Å². The lowest BCUT2D eigenvalue weighted by Crippen LogP contribution is -2.41. The molecule has 5 heteroatoms. The SMILES string of the molecule is O=C(CNc1cc(F)ccc1F)NC(C1CC1)C1CC1. The van der Waals surface area contributed by atoms with Gasteiger partial charge in [-0.2, -0.15) is 0 Å². The molecule has 0 radical (unpaired) electrons. The van der Waals surface area contributed by atoms with Gasteiger partial charge in [0.25, 0.3) is 0 Å². The highest BCUT2D eigenvalue weighted by Gasteiger charge is 2.42. The summed E-state index contributed by atoms with van der Waals surface area (Å²) in [7, 11) is 0. The molecule has 0 aliphatic heterocycles. The van der Waals surface area contributed by atoms with Crippen molar-refractivity contribution in [2.75, 3.05) is 11.9 Å². The van der Waals surface area contributed by atoms with E-state index in [1.54, 1.807) is 0 Å². The Hall–Kier alpha value is -1.65. The molecule has 2 fully saturated rings. The van der Waals surface area contributed by atoms with Crippen LogP contribution in [0.1, 0.15) is 25.7 Å². The van der Waals surface area contributed by atoms with Gasteiger partial charge in [-0.05, 0) is 55.7 Å². The number of hydrogen-bond donors (Lipinski definition) is 2. The zero-order valence-corrected chi connectivity index (χ0v) is 11.2. The van der Waals surface area contributed by atoms with Crippen LogP contribution in [0, 0.1) is 23.5 Å². The molecule has 108 valence electrons. The maximum Gasteiger partial charge on any atom is 0.239 e. The van der Waals surface area contributed by atoms with Crippen LogP contribution >= 0.6 is 0 Å². The number of benzene rings is 1. The average Bonchev–Trinajstić information content (AvgIpc) is 3.28. The third kappa shape index (κ3) is 3.26. The van der Waals surface area contributed by atoms with Gasteiger partial charge >= 0.3 is 0 Å². The summed E-state index contributed by atoms with van der Waals surface area (Å²) in [4.78, 5) is 11.9. The second-order valence-corrected chi connectivity index (χ2v) is 5.75. The summed E-state index contributed by atoms with van der Waals surface area (Å²) in [5.74, 6) is 0.00968. The van der Waals surface area contributed by atoms with Crippen LogP contribution < -0.4 is 10.6 Å². The number of carbonyl (C=O) groups is 1. The Morgan fingerprint density at radius 2 is 1.85 bits per heavy atom. The van der Waals surface area contributed by atoms with Gasteiger partial charge in [-0.3, -0.25) is 4.79 Å². The number of rotatable bonds is 6. The Morgan fingerprint density at radius 1 is 1.20 bits per heavy atom. The van der Waals surface area contributed by atoms with Gasteiger partial charge in [0.05, 0.1) is 12.2 Å². The molecule has 1 aromatic rings. The topological polar surface area (TPSA) is 41.1 Å². The van der Waals surface area contributed by atoms with Crippen LogP contribution in [0.4, 0.5) is 14.5 Å². The summed E-state index contributed by atoms with van der Waals surface area (Å²) < 4.78 is 26.4. The van der Waals surface area contributed by atoms with E-state index < -0.39 is 11.6 Å². The van der Waals surface area contributed by atoms with Gasteiger partial charge in [-0.15, -0.1) is 0 Å². The highest BCUT2D eigenvalue weighted by Crippen LogP contribution is 2.44. The summed E-state index contributed by atoms with van der Waals surface area (Å²) in [5, 5.41) is 5.68. The van der Waals surface area contributed by atoms with E-state index in [1.807, 2.05) is 0 Å². The predicted molar refractivity (Wildman–Crippen MR) is 72.2 cm³/mol. The maximum absolute atomic E-state index is 13.4. The molecule has 3 nitrogen and oxygen atoms in total. The number of hydrogen-bond acceptors (Lipinski definition) is 2. The van der Waals surface area contributed by atoms with Gasteiger partial charge in [0, 0.05) is 6.04 Å². The van der Waals surface area contributed by atoms with Gasteiger partial charge in [0.1, 0.15) is 11.6 Å². The quantitative estimate of drug-likeness (QED) is 0.841. The van der Waals surface area contributed by atoms with Crippen LogP contribution in [0.2, 0.25) is 0 Å². The monoisotopic (exact) mass is 280 g/mol. The number of carbonyl (C=O) groups excluding carboxylic acids is 1. The number of amides is 1. The van der Waals surface area contributed by atoms with Gasteiger partial charge in [-0.1, -0.05) is 0 Å². The fourth-order valence-electron chi connectivity index (χ4n) is 2.58. The van der Waals surface area contributed by atoms with Crippen molar-refractivity contribution in [2.24, 2.45) is 11.8 Å². The number of anilines is 1. The molecular weight excluding hydrogens is 262 g/mol. The lowest BCUT2D eigenvalue weighted by Gasteiger charge is -2.18. The van der Waals surface area contributed by atoms with Crippen molar-refractivity contribution in [1.82, 2.24) is 5.32 Å². The maximum atomic E-state index is 13.4. The van der Waals surface area contributed by atoms with E-state index in [2.05, 4.69) is 10.6 Å². The second kappa shape index (κ2) is 5.38. The largest absolute Gasteiger partial charge is 0.374 e. The Bertz CT molecular complexity index is 501. The first-order valence-electron chi connectivity index (χ1n) is 7.12. The standard InChI is InChI=1S/C15H18F2N2O/c16-11-5-6-12(17)13(7-11)18-8-14(20)19-15(9-1-2-9)10-3-4-10/h5-7,9-10,15,18H,1-4,8H2,(H,19,20). The van der Waals surface area contributed by atoms with E-state index in [-0.39, 0.29) is 24.2 Å². The van der Waals surface area contributed by atoms with Crippen molar-refractivity contribution >= 4 is 11.6 Å². The van der Waals surface area contributed by atoms with Crippen molar-refractivity contribution < 1.29 is 13.6 Å². The highest BCUT2D eigenvalue weighted by molar-refractivity contribution is 5.81. The normalized spacial score (nSPS) is 18.1. The molecule has 0 saturated heterocycles. The molecular formula is C15H18F2N2O. The molecule has 0 unspecified atom stereocenters. The third-order valence-corrected chi connectivity index (χ3v) is 3.96. The fraction of sp³-hybridized carbons (Fsp3) is 0.533. The van der Waals surface area contributed by atoms with Crippen LogP contribution in [0.15, 0.2) is 18.2 Å². The number of nitrogens with one attached hydrogen (secondary N) is 2. The van der Waals surface area contributed by atoms with Gasteiger partial charge in [-0.25, -0.2) is 8.78 Å². The van der Waals surface area contributed by atoms with Gasteiger partial charge in [0.2, 0.25) is 5.91 Å². The summed E-state index contributed by atoms with van der Waals surface area (Å²) in [6.45, 7) is -0.0314. The molecule has 1 amide bonds. The smallest absolute Gasteiger partial charge is 0.239 e. The first kappa shape index (κ1) is 13.3. The van der Waals surface area contributed by atoms with E-state index in [0.717, 1.165) is 18.2 Å². The minimum Gasteiger partial charge on any atom is -0.374 e. The van der Waals surface area contributed by atoms with Crippen molar-refractivity contribution in [1.29, 1.82) is 0 Å². The Balaban J connectivity index is 1.52. The Kier molecular flexibility index (Phi) is 3.59. The molecule has 3 rings (SSSR count). The van der Waals surface area contributed by atoms with Crippen LogP contribution in [0.5, 0.6) is 0 Å². The zero-order valence-electron chi connectivity index (χ0n) is 11.2. The zero-order chi connectivity index (χ0) is 14.1. The molecule has 20 heavy (non-hydrogen) atoms. The molecule has 2 aliphatic carbocycles. The van der Waals surface area contributed by atoms with Crippen LogP contribution in [-0.4, -0.2) is 18.5 Å². The summed E-state index contributed by atoms with van der Waals surface area (Å²) >= 11 is 0. The molecule has 2 aliphatic rings. The van der Waals surface area contributed by atoms with E-state index in [9.17, 15) is 13.6 Å². The van der Waals surface area contributed by atoms with Gasteiger partial charge in [0.15, 0.2) is 0 Å². The minimum absolute atomic E-state index is 0.0227. The molecule has 1 aromatic carbocycles. The Labute approximate surface area is 116 Å². The molecule has 0 spiro atoms. The second-order valence-electron chi connectivity index (χ2n) is 5.75. The fourth-order valence-corrected chi connectivity index (χ4v) is 2.58. The minimum atomic E-state index is -0.555. The lowest BCUT2D eigenvalue weighted by molar-refractivity contribution is -0.120. The lowest BCUT2D eigenvalue weighted by atomic mass is 10.1. The molecule has 2 N–H and O–H groups in total. The highest BCUT2D eigenvalue weighted by atomic mass is 19.1. The Morgan fingerprint density at radius 3 is 2.45 bits per heavy atom. The molecule has 2 saturated carbocycles. The molecule has 0 bridgehead atoms. The van der Waals surface area contributed by atoms with E-state index >= 15 is 0 Å². The van der Waals surface area contributed by atoms with Crippen LogP contribution in [0.3, 0.4) is 0 Å². The van der Waals surface area contributed by atoms with Crippen LogP contribution in [-0.2, 0) is 4.79 Å². The molecule has 0 atom stereocenters. The van der Waals surface area contributed by atoms with Crippen molar-refractivity contribution in [3.8, 4) is 0 Å². The van der Waals surface area contributed by atoms with Crippen molar-refractivity contribution in [3.63, 3.8) is 0 Å². The predicted octanol–water partition coefficient (Wildman–Crippen LogP) is 2.68. The summed E-state index contributed by atoms with van der Waals surface area (Å²) in [6, 6.07) is 3.44. The average molecular weight is 280 g/mol. The first-order chi connectivity index (χ1) is 9.63. The van der Waals surface area contributed by atoms with Crippen molar-refractivity contribution in [3.05, 3.63) is 29.8 Å². The number of halogens is 2. The van der Waals surface area contributed by atoms with Crippen LogP contribution in [0.25, 0.3) is 0 Å². The first-order valence-corrected chi connectivity index (χ1v) is 7.12. The molecule has 0 aromatic heterocycles. The van der Waals surface area contributed by atoms with E-state index in [1.165, 1.54) is 25.7 Å². The van der Waals surface area contributed by atoms with E-state index in [4.69, 9.17) is 0 Å².